The fraction of sp³-hybridized carbons (Fsp3) is 0.636. The molecule has 22 heavy (non-hydrogen) atoms. The van der Waals surface area contributed by atoms with Crippen LogP contribution in [0.3, 0.4) is 0 Å². The van der Waals surface area contributed by atoms with Crippen LogP contribution in [0, 0.1) is 0 Å². The lowest BCUT2D eigenvalue weighted by molar-refractivity contribution is -0.139. The molecule has 0 aliphatic carbocycles. The molecule has 0 spiro atoms. The standard InChI is InChI=1S/C11H16N4O4S2.ClH/c1-2-19-8(16)6-20-11-15-14-10(21-11)13-9(17)7-5-18-4-3-12-7;/h7,12H,2-6H2,1H3,(H,13,14,17);1H. The number of ether oxygens (including phenoxy) is 2. The minimum Gasteiger partial charge on any atom is -0.465 e. The van der Waals surface area contributed by atoms with Gasteiger partial charge in [-0.1, -0.05) is 23.1 Å². The lowest BCUT2D eigenvalue weighted by Crippen LogP contribution is -2.48. The van der Waals surface area contributed by atoms with E-state index >= 15 is 0 Å². The van der Waals surface area contributed by atoms with Crippen LogP contribution in [-0.4, -0.2) is 60.2 Å². The molecule has 1 amide bonds. The van der Waals surface area contributed by atoms with Gasteiger partial charge in [0.1, 0.15) is 6.04 Å². The molecule has 2 heterocycles. The van der Waals surface area contributed by atoms with Gasteiger partial charge in [0.25, 0.3) is 0 Å². The molecule has 0 bridgehead atoms. The van der Waals surface area contributed by atoms with Gasteiger partial charge in [-0.25, -0.2) is 0 Å². The molecule has 1 aliphatic rings. The number of halogens is 1. The molecule has 1 unspecified atom stereocenters. The topological polar surface area (TPSA) is 102 Å². The third-order valence-electron chi connectivity index (χ3n) is 2.49. The van der Waals surface area contributed by atoms with Crippen LogP contribution >= 0.6 is 35.5 Å². The molecule has 0 saturated carbocycles. The third-order valence-corrected chi connectivity index (χ3v) is 4.44. The van der Waals surface area contributed by atoms with Gasteiger partial charge in [-0.05, 0) is 6.92 Å². The molecule has 1 saturated heterocycles. The van der Waals surface area contributed by atoms with Crippen molar-refractivity contribution in [2.45, 2.75) is 17.3 Å². The Hall–Kier alpha value is -0.940. The van der Waals surface area contributed by atoms with Crippen molar-refractivity contribution in [2.24, 2.45) is 0 Å². The summed E-state index contributed by atoms with van der Waals surface area (Å²) in [5.41, 5.74) is 0. The summed E-state index contributed by atoms with van der Waals surface area (Å²) >= 11 is 2.45. The number of hydrogen-bond donors (Lipinski definition) is 2. The number of aromatic nitrogens is 2. The van der Waals surface area contributed by atoms with Gasteiger partial charge in [0, 0.05) is 6.54 Å². The average molecular weight is 369 g/mol. The lowest BCUT2D eigenvalue weighted by Gasteiger charge is -2.22. The van der Waals surface area contributed by atoms with Crippen LogP contribution in [0.25, 0.3) is 0 Å². The van der Waals surface area contributed by atoms with E-state index in [2.05, 4.69) is 20.8 Å². The van der Waals surface area contributed by atoms with E-state index in [9.17, 15) is 9.59 Å². The van der Waals surface area contributed by atoms with Crippen molar-refractivity contribution >= 4 is 52.5 Å². The zero-order valence-electron chi connectivity index (χ0n) is 11.9. The Kier molecular flexibility index (Phi) is 8.64. The zero-order chi connectivity index (χ0) is 15.1. The molecule has 1 atom stereocenters. The first-order valence-corrected chi connectivity index (χ1v) is 8.23. The summed E-state index contributed by atoms with van der Waals surface area (Å²) in [6, 6.07) is -0.377. The SMILES string of the molecule is CCOC(=O)CSc1nnc(NC(=O)C2COCCN2)s1.Cl. The molecule has 124 valence electrons. The Morgan fingerprint density at radius 3 is 3.05 bits per heavy atom. The van der Waals surface area contributed by atoms with Crippen molar-refractivity contribution in [3.63, 3.8) is 0 Å². The minimum atomic E-state index is -0.377. The third kappa shape index (κ3) is 6.05. The fourth-order valence-corrected chi connectivity index (χ4v) is 3.12. The molecule has 1 fully saturated rings. The number of amides is 1. The number of carbonyl (C=O) groups is 2. The molecule has 0 aromatic carbocycles. The Morgan fingerprint density at radius 1 is 1.55 bits per heavy atom. The van der Waals surface area contributed by atoms with Gasteiger partial charge in [0.05, 0.1) is 25.6 Å². The second-order valence-electron chi connectivity index (χ2n) is 4.04. The Labute approximate surface area is 142 Å². The lowest BCUT2D eigenvalue weighted by atomic mass is 10.2. The molecule has 8 nitrogen and oxygen atoms in total. The minimum absolute atomic E-state index is 0. The summed E-state index contributed by atoms with van der Waals surface area (Å²) in [6.45, 7) is 3.71. The number of rotatable bonds is 6. The Bertz CT molecular complexity index is 496. The van der Waals surface area contributed by atoms with Crippen molar-refractivity contribution < 1.29 is 19.1 Å². The van der Waals surface area contributed by atoms with Crippen LogP contribution in [-0.2, 0) is 19.1 Å². The van der Waals surface area contributed by atoms with E-state index in [1.165, 1.54) is 23.1 Å². The Morgan fingerprint density at radius 2 is 2.36 bits per heavy atom. The number of nitrogens with zero attached hydrogens (tertiary/aromatic N) is 2. The van der Waals surface area contributed by atoms with Crippen LogP contribution in [0.2, 0.25) is 0 Å². The maximum atomic E-state index is 11.9. The van der Waals surface area contributed by atoms with E-state index in [0.29, 0.717) is 35.8 Å². The summed E-state index contributed by atoms with van der Waals surface area (Å²) in [5, 5.41) is 13.9. The highest BCUT2D eigenvalue weighted by Crippen LogP contribution is 2.25. The van der Waals surface area contributed by atoms with Crippen LogP contribution in [0.4, 0.5) is 5.13 Å². The maximum Gasteiger partial charge on any atom is 0.316 e. The predicted molar refractivity (Wildman–Crippen MR) is 85.8 cm³/mol. The van der Waals surface area contributed by atoms with E-state index in [1.807, 2.05) is 0 Å². The van der Waals surface area contributed by atoms with Crippen LogP contribution < -0.4 is 10.6 Å². The molecule has 1 aromatic rings. The number of carbonyl (C=O) groups excluding carboxylic acids is 2. The second kappa shape index (κ2) is 9.95. The van der Waals surface area contributed by atoms with Gasteiger partial charge >= 0.3 is 5.97 Å². The van der Waals surface area contributed by atoms with Crippen molar-refractivity contribution in [2.75, 3.05) is 37.4 Å². The monoisotopic (exact) mass is 368 g/mol. The van der Waals surface area contributed by atoms with Crippen LogP contribution in [0.15, 0.2) is 4.34 Å². The second-order valence-corrected chi connectivity index (χ2v) is 6.24. The number of hydrogen-bond acceptors (Lipinski definition) is 9. The Balaban J connectivity index is 0.00000242. The fourth-order valence-electron chi connectivity index (χ4n) is 1.57. The molecule has 1 aromatic heterocycles. The number of anilines is 1. The highest BCUT2D eigenvalue weighted by atomic mass is 35.5. The summed E-state index contributed by atoms with van der Waals surface area (Å²) in [5.74, 6) is -0.325. The molecule has 1 aliphatic heterocycles. The summed E-state index contributed by atoms with van der Waals surface area (Å²) in [4.78, 5) is 23.2. The van der Waals surface area contributed by atoms with Gasteiger partial charge in [0.2, 0.25) is 11.0 Å². The quantitative estimate of drug-likeness (QED) is 0.426. The number of esters is 1. The number of morpholine rings is 1. The number of thioether (sulfide) groups is 1. The maximum absolute atomic E-state index is 11.9. The van der Waals surface area contributed by atoms with E-state index in [1.54, 1.807) is 6.92 Å². The van der Waals surface area contributed by atoms with E-state index in [-0.39, 0.29) is 36.1 Å². The predicted octanol–water partition coefficient (Wildman–Crippen LogP) is 0.542. The summed E-state index contributed by atoms with van der Waals surface area (Å²) < 4.78 is 10.6. The first-order chi connectivity index (χ1) is 10.2. The van der Waals surface area contributed by atoms with Crippen LogP contribution in [0.5, 0.6) is 0 Å². The van der Waals surface area contributed by atoms with Crippen molar-refractivity contribution in [3.05, 3.63) is 0 Å². The van der Waals surface area contributed by atoms with Crippen molar-refractivity contribution in [1.29, 1.82) is 0 Å². The van der Waals surface area contributed by atoms with Gasteiger partial charge in [-0.15, -0.1) is 22.6 Å². The van der Waals surface area contributed by atoms with Gasteiger partial charge in [-0.2, -0.15) is 0 Å². The highest BCUT2D eigenvalue weighted by Gasteiger charge is 2.22. The van der Waals surface area contributed by atoms with E-state index in [0.717, 1.165) is 0 Å². The first-order valence-electron chi connectivity index (χ1n) is 6.43. The zero-order valence-corrected chi connectivity index (χ0v) is 14.3. The molecule has 11 heteroatoms. The molecular weight excluding hydrogens is 352 g/mol. The van der Waals surface area contributed by atoms with Gasteiger partial charge in [0.15, 0.2) is 4.34 Å². The molecule has 2 N–H and O–H groups in total. The van der Waals surface area contributed by atoms with E-state index < -0.39 is 0 Å². The molecule has 0 radical (unpaired) electrons. The molecular formula is C11H17ClN4O4S2. The average Bonchev–Trinajstić information content (AvgIpc) is 2.94. The van der Waals surface area contributed by atoms with Gasteiger partial charge in [-0.3, -0.25) is 14.9 Å². The van der Waals surface area contributed by atoms with Crippen LogP contribution in [0.1, 0.15) is 6.92 Å². The smallest absolute Gasteiger partial charge is 0.316 e. The first kappa shape index (κ1) is 19.1. The van der Waals surface area contributed by atoms with E-state index in [4.69, 9.17) is 9.47 Å². The summed E-state index contributed by atoms with van der Waals surface area (Å²) in [7, 11) is 0. The molecule has 2 rings (SSSR count). The van der Waals surface area contributed by atoms with Gasteiger partial charge < -0.3 is 14.8 Å². The normalized spacial score (nSPS) is 17.4. The van der Waals surface area contributed by atoms with Crippen molar-refractivity contribution in [3.8, 4) is 0 Å². The largest absolute Gasteiger partial charge is 0.465 e. The van der Waals surface area contributed by atoms with Crippen molar-refractivity contribution in [1.82, 2.24) is 15.5 Å². The number of nitrogens with one attached hydrogen (secondary N) is 2. The summed E-state index contributed by atoms with van der Waals surface area (Å²) in [6.07, 6.45) is 0. The highest BCUT2D eigenvalue weighted by molar-refractivity contribution is 8.01.